The van der Waals surface area contributed by atoms with Gasteiger partial charge >= 0.3 is 214 Å². The van der Waals surface area contributed by atoms with E-state index in [4.69, 9.17) is 0 Å². The maximum atomic E-state index is 2.54. The maximum absolute atomic E-state index is 2.73. The van der Waals surface area contributed by atoms with Crippen molar-refractivity contribution in [3.63, 3.8) is 0 Å². The maximum Gasteiger partial charge on any atom is -1.00 e. The Balaban J connectivity index is 0.00000140. The average molecular weight is 688 g/mol. The topological polar surface area (TPSA) is 0 Å². The zero-order valence-electron chi connectivity index (χ0n) is 21.2. The van der Waals surface area contributed by atoms with Crippen molar-refractivity contribution in [3.8, 4) is 22.3 Å². The van der Waals surface area contributed by atoms with Gasteiger partial charge in [-0.25, -0.2) is 0 Å². The molecule has 2 unspecified atom stereocenters. The molecule has 1 fully saturated rings. The van der Waals surface area contributed by atoms with E-state index in [0.717, 1.165) is 0 Å². The third kappa shape index (κ3) is 4.15. The third-order valence-electron chi connectivity index (χ3n) is 8.70. The number of rotatable bonds is 4. The summed E-state index contributed by atoms with van der Waals surface area (Å²) in [4.78, 5) is 0. The van der Waals surface area contributed by atoms with Crippen LogP contribution in [0.3, 0.4) is 0 Å². The van der Waals surface area contributed by atoms with Gasteiger partial charge in [-0.05, 0) is 0 Å². The number of fused-ring (bicyclic) bond motifs is 2. The Morgan fingerprint density at radius 2 is 0.919 bits per heavy atom. The molecular weight excluding hydrogens is 658 g/mol. The fourth-order valence-electron chi connectivity index (χ4n) is 7.26. The summed E-state index contributed by atoms with van der Waals surface area (Å²) in [7, 11) is 0. The molecule has 0 bridgehead atoms. The summed E-state index contributed by atoms with van der Waals surface area (Å²) in [5, 5.41) is 0. The molecule has 1 heterocycles. The van der Waals surface area contributed by atoms with E-state index in [9.17, 15) is 0 Å². The molecule has 2 atom stereocenters. The van der Waals surface area contributed by atoms with Crippen LogP contribution in [-0.2, 0) is 20.0 Å². The summed E-state index contributed by atoms with van der Waals surface area (Å²) in [5.74, 6) is 0. The fraction of sp³-hybridized carbons (Fsp3) is 0.176. The van der Waals surface area contributed by atoms with Crippen molar-refractivity contribution in [1.29, 1.82) is 0 Å². The second-order valence-corrected chi connectivity index (χ2v) is 27.3. The van der Waals surface area contributed by atoms with Crippen molar-refractivity contribution < 1.29 is 44.8 Å². The van der Waals surface area contributed by atoms with Crippen molar-refractivity contribution in [2.45, 2.75) is 29.6 Å². The second kappa shape index (κ2) is 10.2. The zero-order valence-corrected chi connectivity index (χ0v) is 26.3. The number of hydrogen-bond donors (Lipinski definition) is 0. The minimum atomic E-state index is -2.73. The molecule has 3 heteroatoms. The standard InChI is InChI=1S/2C16H13.C2H4.2ClH.Hf/c2*1-12-10-14-8-5-9-15(16(14)11-12)13-6-3-2-4-7-13;1-2;;;/h2*2-11H,1H3;1-2H2;2*1H;/q;;;;;+2/p-2. The Morgan fingerprint density at radius 3 is 1.30 bits per heavy atom. The zero-order chi connectivity index (χ0) is 23.6. The van der Waals surface area contributed by atoms with Gasteiger partial charge in [-0.15, -0.1) is 0 Å². The summed E-state index contributed by atoms with van der Waals surface area (Å²) < 4.78 is 4.45. The van der Waals surface area contributed by atoms with E-state index in [1.54, 1.807) is 22.3 Å². The first kappa shape index (κ1) is 26.4. The molecule has 0 spiro atoms. The van der Waals surface area contributed by atoms with E-state index in [2.05, 4.69) is 123 Å². The molecular formula is C34H30Cl2Hf. The Bertz CT molecular complexity index is 1400. The minimum Gasteiger partial charge on any atom is -1.00 e. The van der Waals surface area contributed by atoms with Gasteiger partial charge in [0, 0.05) is 0 Å². The van der Waals surface area contributed by atoms with Crippen LogP contribution in [0, 0.1) is 0 Å². The summed E-state index contributed by atoms with van der Waals surface area (Å²) >= 11 is -2.73. The molecule has 1 aliphatic heterocycles. The summed E-state index contributed by atoms with van der Waals surface area (Å²) in [6.45, 7) is 4.85. The average Bonchev–Trinajstić information content (AvgIpc) is 3.47. The summed E-state index contributed by atoms with van der Waals surface area (Å²) in [6.07, 6.45) is 5.08. The van der Waals surface area contributed by atoms with Crippen LogP contribution in [-0.4, -0.2) is 0 Å². The van der Waals surface area contributed by atoms with Crippen molar-refractivity contribution >= 4 is 12.2 Å². The van der Waals surface area contributed by atoms with Gasteiger partial charge in [0.05, 0.1) is 0 Å². The van der Waals surface area contributed by atoms with E-state index < -0.39 is 20.0 Å². The first-order valence-corrected chi connectivity index (χ1v) is 22.1. The van der Waals surface area contributed by atoms with Gasteiger partial charge in [0.15, 0.2) is 0 Å². The molecule has 3 aliphatic rings. The first-order valence-electron chi connectivity index (χ1n) is 12.9. The van der Waals surface area contributed by atoms with Crippen LogP contribution in [0.5, 0.6) is 0 Å². The van der Waals surface area contributed by atoms with Crippen LogP contribution in [0.2, 0.25) is 8.35 Å². The van der Waals surface area contributed by atoms with Crippen LogP contribution in [0.4, 0.5) is 0 Å². The molecule has 37 heavy (non-hydrogen) atoms. The van der Waals surface area contributed by atoms with Gasteiger partial charge in [-0.3, -0.25) is 0 Å². The van der Waals surface area contributed by atoms with Gasteiger partial charge < -0.3 is 24.8 Å². The Morgan fingerprint density at radius 1 is 0.514 bits per heavy atom. The number of benzene rings is 4. The molecule has 0 amide bonds. The molecule has 4 aromatic rings. The molecule has 0 radical (unpaired) electrons. The molecule has 1 saturated heterocycles. The second-order valence-electron chi connectivity index (χ2n) is 10.7. The number of allylic oxidation sites excluding steroid dienone is 2. The predicted octanol–water partition coefficient (Wildman–Crippen LogP) is 3.65. The summed E-state index contributed by atoms with van der Waals surface area (Å²) in [5.41, 5.74) is 15.0. The van der Waals surface area contributed by atoms with Crippen LogP contribution < -0.4 is 24.8 Å². The number of halogens is 2. The quantitative estimate of drug-likeness (QED) is 0.288. The van der Waals surface area contributed by atoms with Crippen molar-refractivity contribution in [2.75, 3.05) is 0 Å². The third-order valence-corrected chi connectivity index (χ3v) is 28.4. The van der Waals surface area contributed by atoms with E-state index in [1.165, 1.54) is 41.7 Å². The van der Waals surface area contributed by atoms with Crippen LogP contribution >= 0.6 is 0 Å². The Kier molecular flexibility index (Phi) is 7.26. The van der Waals surface area contributed by atoms with E-state index in [0.29, 0.717) is 7.35 Å². The van der Waals surface area contributed by atoms with Gasteiger partial charge in [0.25, 0.3) is 0 Å². The largest absolute Gasteiger partial charge is 1.00 e. The molecule has 4 aromatic carbocycles. The molecule has 0 nitrogen and oxygen atoms in total. The van der Waals surface area contributed by atoms with Gasteiger partial charge in [-0.1, -0.05) is 0 Å². The summed E-state index contributed by atoms with van der Waals surface area (Å²) in [6, 6.07) is 36.1. The molecule has 184 valence electrons. The Labute approximate surface area is 237 Å². The molecule has 0 aromatic heterocycles. The molecule has 7 rings (SSSR count). The van der Waals surface area contributed by atoms with Crippen molar-refractivity contribution in [1.82, 2.24) is 0 Å². The van der Waals surface area contributed by atoms with Crippen molar-refractivity contribution in [2.24, 2.45) is 0 Å². The SMILES string of the molecule is CC1=Cc2c(-c3ccccc3)cccc2[CH]1[Hf+2]1([CH]2C(C)=Cc3c(-c4ccccc4)cccc32)[CH2][CH2]1.[Cl-].[Cl-]. The number of hydrogen-bond acceptors (Lipinski definition) is 0. The molecule has 2 aliphatic carbocycles. The van der Waals surface area contributed by atoms with Crippen LogP contribution in [0.1, 0.15) is 43.5 Å². The van der Waals surface area contributed by atoms with Gasteiger partial charge in [0.1, 0.15) is 0 Å². The predicted molar refractivity (Wildman–Crippen MR) is 146 cm³/mol. The molecule has 0 N–H and O–H groups in total. The van der Waals surface area contributed by atoms with E-state index in [-0.39, 0.29) is 24.8 Å². The first-order chi connectivity index (χ1) is 17.2. The van der Waals surface area contributed by atoms with Crippen LogP contribution in [0.15, 0.2) is 108 Å². The van der Waals surface area contributed by atoms with E-state index >= 15 is 0 Å². The van der Waals surface area contributed by atoms with Crippen molar-refractivity contribution in [3.05, 3.63) is 130 Å². The Hall–Kier alpha value is -2.19. The van der Waals surface area contributed by atoms with E-state index in [1.807, 2.05) is 0 Å². The van der Waals surface area contributed by atoms with Gasteiger partial charge in [-0.2, -0.15) is 0 Å². The normalized spacial score (nSPS) is 19.2. The monoisotopic (exact) mass is 688 g/mol. The van der Waals surface area contributed by atoms with Crippen LogP contribution in [0.25, 0.3) is 34.4 Å². The minimum absolute atomic E-state index is 0. The molecule has 0 saturated carbocycles. The smallest absolute Gasteiger partial charge is 1.00 e. The fourth-order valence-corrected chi connectivity index (χ4v) is 35.5. The van der Waals surface area contributed by atoms with Gasteiger partial charge in [0.2, 0.25) is 0 Å².